The Kier molecular flexibility index (Phi) is 8.47. The molecule has 0 saturated carbocycles. The Morgan fingerprint density at radius 2 is 1.84 bits per heavy atom. The molecular formula is C34H45FN5O5+. The number of aliphatic carboxylic acids is 1. The van der Waals surface area contributed by atoms with Gasteiger partial charge in [-0.15, -0.1) is 0 Å². The molecule has 2 N–H and O–H groups in total. The van der Waals surface area contributed by atoms with Crippen LogP contribution in [0.4, 0.5) is 4.39 Å². The number of carboxylic acids is 1. The normalized spacial score (nSPS) is 19.6. The van der Waals surface area contributed by atoms with Gasteiger partial charge in [0, 0.05) is 54.4 Å². The van der Waals surface area contributed by atoms with Crippen LogP contribution >= 0.6 is 0 Å². The number of benzene rings is 1. The third-order valence-electron chi connectivity index (χ3n) is 9.72. The Hall–Kier alpha value is -3.41. The Morgan fingerprint density at radius 3 is 2.51 bits per heavy atom. The number of fused-ring (bicyclic) bond motifs is 2. The zero-order valence-electron chi connectivity index (χ0n) is 27.0. The molecule has 11 heteroatoms. The number of quaternary nitrogens is 1. The number of piperidine rings is 2. The van der Waals surface area contributed by atoms with Crippen molar-refractivity contribution in [3.63, 3.8) is 0 Å². The largest absolute Gasteiger partial charge is 0.490 e. The summed E-state index contributed by atoms with van der Waals surface area (Å²) in [6.45, 7) is 12.8. The van der Waals surface area contributed by atoms with E-state index in [0.29, 0.717) is 45.8 Å². The maximum absolute atomic E-state index is 15.7. The third kappa shape index (κ3) is 5.74. The maximum Gasteiger partial charge on any atom is 0.366 e. The van der Waals surface area contributed by atoms with Gasteiger partial charge in [-0.1, -0.05) is 0 Å². The number of carbonyl (C=O) groups excluding carboxylic acids is 1. The molecule has 10 nitrogen and oxygen atoms in total. The monoisotopic (exact) mass is 622 g/mol. The van der Waals surface area contributed by atoms with E-state index >= 15 is 4.39 Å². The summed E-state index contributed by atoms with van der Waals surface area (Å²) in [5, 5.41) is 18.8. The highest BCUT2D eigenvalue weighted by molar-refractivity contribution is 5.89. The maximum atomic E-state index is 15.7. The molecule has 1 aromatic carbocycles. The number of likely N-dealkylation sites (tertiary alicyclic amines) is 1. The molecular weight excluding hydrogens is 577 g/mol. The summed E-state index contributed by atoms with van der Waals surface area (Å²) in [6, 6.07) is 3.32. The third-order valence-corrected chi connectivity index (χ3v) is 9.72. The summed E-state index contributed by atoms with van der Waals surface area (Å²) >= 11 is 0. The molecule has 3 aromatic rings. The zero-order valence-corrected chi connectivity index (χ0v) is 27.0. The van der Waals surface area contributed by atoms with Crippen molar-refractivity contribution in [2.75, 3.05) is 32.8 Å². The Morgan fingerprint density at radius 1 is 1.13 bits per heavy atom. The van der Waals surface area contributed by atoms with Crippen molar-refractivity contribution < 1.29 is 33.0 Å². The van der Waals surface area contributed by atoms with E-state index in [9.17, 15) is 14.7 Å². The van der Waals surface area contributed by atoms with Gasteiger partial charge >= 0.3 is 11.9 Å². The molecule has 3 aliphatic rings. The van der Waals surface area contributed by atoms with Crippen LogP contribution in [0.3, 0.4) is 0 Å². The molecule has 0 aliphatic carbocycles. The van der Waals surface area contributed by atoms with Crippen molar-refractivity contribution in [1.29, 1.82) is 0 Å². The number of halogens is 1. The molecule has 0 unspecified atom stereocenters. The lowest BCUT2D eigenvalue weighted by molar-refractivity contribution is -0.880. The minimum atomic E-state index is -1.41. The predicted molar refractivity (Wildman–Crippen MR) is 167 cm³/mol. The van der Waals surface area contributed by atoms with Gasteiger partial charge in [-0.05, 0) is 78.4 Å². The number of nitrogens with zero attached hydrogens (tertiary/aromatic N) is 4. The highest BCUT2D eigenvalue weighted by atomic mass is 19.1. The molecule has 6 rings (SSSR count). The van der Waals surface area contributed by atoms with Crippen LogP contribution in [0.1, 0.15) is 98.3 Å². The number of hydrogen-bond acceptors (Lipinski definition) is 7. The second-order valence-electron chi connectivity index (χ2n) is 13.8. The average Bonchev–Trinajstić information content (AvgIpc) is 3.44. The predicted octanol–water partition coefficient (Wildman–Crippen LogP) is 5.31. The highest BCUT2D eigenvalue weighted by Gasteiger charge is 2.47. The first-order valence-electron chi connectivity index (χ1n) is 16.3. The molecule has 0 bridgehead atoms. The van der Waals surface area contributed by atoms with Crippen LogP contribution in [0, 0.1) is 19.7 Å². The molecule has 5 heterocycles. The molecule has 242 valence electrons. The summed E-state index contributed by atoms with van der Waals surface area (Å²) in [7, 11) is 0. The van der Waals surface area contributed by atoms with Crippen LogP contribution in [0.15, 0.2) is 12.1 Å². The molecule has 2 fully saturated rings. The van der Waals surface area contributed by atoms with Crippen LogP contribution in [0.25, 0.3) is 16.9 Å². The number of ether oxygens (including phenoxy) is 2. The summed E-state index contributed by atoms with van der Waals surface area (Å²) in [5.74, 6) is -1.50. The summed E-state index contributed by atoms with van der Waals surface area (Å²) in [5.41, 5.74) is 2.97. The van der Waals surface area contributed by atoms with Crippen molar-refractivity contribution in [3.05, 3.63) is 46.0 Å². The summed E-state index contributed by atoms with van der Waals surface area (Å²) in [6.07, 6.45) is 4.88. The van der Waals surface area contributed by atoms with Crippen LogP contribution < -0.4 is 10.1 Å². The number of aryl methyl sites for hydroxylation is 1. The second-order valence-corrected chi connectivity index (χ2v) is 13.8. The van der Waals surface area contributed by atoms with E-state index < -0.39 is 23.5 Å². The molecule has 2 saturated heterocycles. The standard InChI is InChI=1S/C34H44FN5O5/c1-20-23-10-9-17-44-30(23)25(35)18-24(20)29-28(31(33(42)43)45-34(3,4)5)21(2)37-27-19-26(38-39(27)29)32(41)40(15-7-6-8-16-40)22-11-13-36-14-12-22/h18-19,22,31,36H,6-17H2,1-5H3/p+1/t31-/m0/s1. The minimum absolute atomic E-state index is 0.0280. The van der Waals surface area contributed by atoms with Crippen LogP contribution in [-0.2, 0) is 16.0 Å². The number of carboxylic acid groups (broad SMARTS) is 1. The van der Waals surface area contributed by atoms with Crippen molar-refractivity contribution in [1.82, 2.24) is 19.9 Å². The fourth-order valence-corrected chi connectivity index (χ4v) is 7.64. The minimum Gasteiger partial charge on any atom is -0.490 e. The average molecular weight is 623 g/mol. The van der Waals surface area contributed by atoms with Crippen molar-refractivity contribution in [3.8, 4) is 17.0 Å². The van der Waals surface area contributed by atoms with Crippen LogP contribution in [0.5, 0.6) is 5.75 Å². The molecule has 0 spiro atoms. The Balaban J connectivity index is 1.60. The number of carbonyl (C=O) groups is 2. The van der Waals surface area contributed by atoms with Gasteiger partial charge in [-0.3, -0.25) is 4.48 Å². The lowest BCUT2D eigenvalue weighted by Gasteiger charge is -2.45. The van der Waals surface area contributed by atoms with Gasteiger partial charge in [0.15, 0.2) is 29.0 Å². The van der Waals surface area contributed by atoms with Gasteiger partial charge in [0.05, 0.1) is 37.0 Å². The first-order valence-corrected chi connectivity index (χ1v) is 16.3. The number of hydrogen-bond donors (Lipinski definition) is 2. The van der Waals surface area contributed by atoms with E-state index in [0.717, 1.165) is 75.8 Å². The lowest BCUT2D eigenvalue weighted by Crippen LogP contribution is -2.63. The van der Waals surface area contributed by atoms with Crippen molar-refractivity contribution in [2.24, 2.45) is 0 Å². The van der Waals surface area contributed by atoms with E-state index in [-0.39, 0.29) is 23.3 Å². The number of amides is 1. The van der Waals surface area contributed by atoms with Gasteiger partial charge in [0.2, 0.25) is 0 Å². The first-order chi connectivity index (χ1) is 21.4. The first kappa shape index (κ1) is 31.6. The van der Waals surface area contributed by atoms with E-state index in [1.165, 1.54) is 10.6 Å². The van der Waals surface area contributed by atoms with Gasteiger partial charge in [-0.25, -0.2) is 23.5 Å². The van der Waals surface area contributed by atoms with Crippen LogP contribution in [0.2, 0.25) is 0 Å². The molecule has 2 aromatic heterocycles. The van der Waals surface area contributed by atoms with E-state index in [1.54, 1.807) is 33.8 Å². The van der Waals surface area contributed by atoms with Crippen LogP contribution in [-0.4, -0.2) is 80.5 Å². The Labute approximate surface area is 263 Å². The van der Waals surface area contributed by atoms with E-state index in [4.69, 9.17) is 19.6 Å². The second kappa shape index (κ2) is 12.1. The number of rotatable bonds is 6. The SMILES string of the molecule is Cc1nc2cc(C(=O)[N+]3(C4CCNCC4)CCCCC3)nn2c(-c2cc(F)c3c(c2C)CCCO3)c1[C@H](OC(C)(C)C)C(=O)O. The zero-order chi connectivity index (χ0) is 32.1. The number of nitrogens with one attached hydrogen (secondary N) is 1. The van der Waals surface area contributed by atoms with Gasteiger partial charge in [0.25, 0.3) is 0 Å². The summed E-state index contributed by atoms with van der Waals surface area (Å²) in [4.78, 5) is 32.2. The van der Waals surface area contributed by atoms with E-state index in [1.807, 2.05) is 6.92 Å². The van der Waals surface area contributed by atoms with Gasteiger partial charge in [-0.2, -0.15) is 5.10 Å². The van der Waals surface area contributed by atoms with Crippen molar-refractivity contribution >= 4 is 17.5 Å². The summed E-state index contributed by atoms with van der Waals surface area (Å²) < 4.78 is 29.5. The van der Waals surface area contributed by atoms with Crippen molar-refractivity contribution in [2.45, 2.75) is 97.3 Å². The van der Waals surface area contributed by atoms with Gasteiger partial charge < -0.3 is 19.9 Å². The Bertz CT molecular complexity index is 1630. The highest BCUT2D eigenvalue weighted by Crippen LogP contribution is 2.42. The fourth-order valence-electron chi connectivity index (χ4n) is 7.64. The molecule has 0 radical (unpaired) electrons. The quantitative estimate of drug-likeness (QED) is 0.356. The topological polar surface area (TPSA) is 115 Å². The smallest absolute Gasteiger partial charge is 0.366 e. The fraction of sp³-hybridized carbons (Fsp3) is 0.588. The lowest BCUT2D eigenvalue weighted by atomic mass is 9.91. The number of aromatic nitrogens is 3. The molecule has 45 heavy (non-hydrogen) atoms. The molecule has 1 atom stereocenters. The van der Waals surface area contributed by atoms with E-state index in [2.05, 4.69) is 5.32 Å². The molecule has 3 aliphatic heterocycles. The van der Waals surface area contributed by atoms with Gasteiger partial charge in [0.1, 0.15) is 0 Å². The molecule has 1 amide bonds.